The smallest absolute Gasteiger partial charge is 0.122 e. The highest BCUT2D eigenvalue weighted by molar-refractivity contribution is 5.34. The predicted octanol–water partition coefficient (Wildman–Crippen LogP) is 4.31. The zero-order valence-corrected chi connectivity index (χ0v) is 13.0. The van der Waals surface area contributed by atoms with Gasteiger partial charge in [0.25, 0.3) is 0 Å². The molecule has 1 fully saturated rings. The van der Waals surface area contributed by atoms with Crippen molar-refractivity contribution in [3.05, 3.63) is 29.8 Å². The third kappa shape index (κ3) is 4.24. The van der Waals surface area contributed by atoms with E-state index in [0.717, 1.165) is 24.5 Å². The SMILES string of the molecule is CCC(N)Cc1ccccc1OC1CCC(CC)CC1. The molecule has 1 saturated carbocycles. The largest absolute Gasteiger partial charge is 0.490 e. The monoisotopic (exact) mass is 275 g/mol. The lowest BCUT2D eigenvalue weighted by Gasteiger charge is -2.29. The molecule has 2 heteroatoms. The van der Waals surface area contributed by atoms with E-state index in [0.29, 0.717) is 6.10 Å². The zero-order valence-electron chi connectivity index (χ0n) is 13.0. The van der Waals surface area contributed by atoms with E-state index in [2.05, 4.69) is 38.1 Å². The van der Waals surface area contributed by atoms with Crippen molar-refractivity contribution in [2.45, 2.75) is 70.9 Å². The quantitative estimate of drug-likeness (QED) is 0.839. The van der Waals surface area contributed by atoms with Gasteiger partial charge in [-0.05, 0) is 56.1 Å². The van der Waals surface area contributed by atoms with E-state index in [9.17, 15) is 0 Å². The molecule has 0 heterocycles. The Morgan fingerprint density at radius 2 is 1.85 bits per heavy atom. The van der Waals surface area contributed by atoms with Crippen molar-refractivity contribution < 1.29 is 4.74 Å². The van der Waals surface area contributed by atoms with Gasteiger partial charge in [-0.25, -0.2) is 0 Å². The summed E-state index contributed by atoms with van der Waals surface area (Å²) in [5.74, 6) is 1.97. The lowest BCUT2D eigenvalue weighted by atomic mass is 9.86. The molecule has 0 amide bonds. The van der Waals surface area contributed by atoms with Gasteiger partial charge in [0.2, 0.25) is 0 Å². The van der Waals surface area contributed by atoms with Crippen LogP contribution in [-0.2, 0) is 6.42 Å². The Bertz CT molecular complexity index is 396. The summed E-state index contributed by atoms with van der Waals surface area (Å²) in [5.41, 5.74) is 7.35. The van der Waals surface area contributed by atoms with Crippen LogP contribution in [0.5, 0.6) is 5.75 Å². The summed E-state index contributed by atoms with van der Waals surface area (Å²) >= 11 is 0. The van der Waals surface area contributed by atoms with Crippen LogP contribution in [0.1, 0.15) is 57.9 Å². The van der Waals surface area contributed by atoms with E-state index in [1.54, 1.807) is 0 Å². The minimum absolute atomic E-state index is 0.232. The van der Waals surface area contributed by atoms with Gasteiger partial charge in [-0.3, -0.25) is 0 Å². The van der Waals surface area contributed by atoms with E-state index < -0.39 is 0 Å². The van der Waals surface area contributed by atoms with Gasteiger partial charge < -0.3 is 10.5 Å². The molecule has 0 saturated heterocycles. The molecule has 0 radical (unpaired) electrons. The third-order valence-corrected chi connectivity index (χ3v) is 4.64. The first-order chi connectivity index (χ1) is 9.72. The minimum atomic E-state index is 0.232. The lowest BCUT2D eigenvalue weighted by Crippen LogP contribution is -2.25. The van der Waals surface area contributed by atoms with Crippen LogP contribution in [0.2, 0.25) is 0 Å². The average molecular weight is 275 g/mol. The topological polar surface area (TPSA) is 35.2 Å². The lowest BCUT2D eigenvalue weighted by molar-refractivity contribution is 0.128. The molecule has 2 N–H and O–H groups in total. The van der Waals surface area contributed by atoms with E-state index in [4.69, 9.17) is 10.5 Å². The van der Waals surface area contributed by atoms with Gasteiger partial charge in [0.05, 0.1) is 6.10 Å². The van der Waals surface area contributed by atoms with Gasteiger partial charge >= 0.3 is 0 Å². The van der Waals surface area contributed by atoms with Crippen LogP contribution in [0.25, 0.3) is 0 Å². The highest BCUT2D eigenvalue weighted by Crippen LogP contribution is 2.30. The van der Waals surface area contributed by atoms with Crippen molar-refractivity contribution in [3.63, 3.8) is 0 Å². The Hall–Kier alpha value is -1.02. The molecule has 0 aromatic heterocycles. The molecular formula is C18H29NO. The molecule has 1 unspecified atom stereocenters. The standard InChI is InChI=1S/C18H29NO/c1-3-14-9-11-17(12-10-14)20-18-8-6-5-7-15(18)13-16(19)4-2/h5-8,14,16-17H,3-4,9-13,19H2,1-2H3. The number of benzene rings is 1. The Labute approximate surface area is 123 Å². The van der Waals surface area contributed by atoms with Crippen LogP contribution in [0.15, 0.2) is 24.3 Å². The maximum absolute atomic E-state index is 6.27. The van der Waals surface area contributed by atoms with Gasteiger partial charge in [0, 0.05) is 6.04 Å². The maximum Gasteiger partial charge on any atom is 0.122 e. The second kappa shape index (κ2) is 7.68. The molecule has 0 bridgehead atoms. The summed E-state index contributed by atoms with van der Waals surface area (Å²) in [6.45, 7) is 4.44. The predicted molar refractivity (Wildman–Crippen MR) is 85.1 cm³/mol. The van der Waals surface area contributed by atoms with Gasteiger partial charge in [0.1, 0.15) is 5.75 Å². The van der Waals surface area contributed by atoms with E-state index in [1.165, 1.54) is 37.7 Å². The molecule has 1 aliphatic rings. The number of hydrogen-bond acceptors (Lipinski definition) is 2. The normalized spacial score (nSPS) is 24.4. The van der Waals surface area contributed by atoms with Crippen molar-refractivity contribution in [2.24, 2.45) is 11.7 Å². The summed E-state index contributed by atoms with van der Waals surface area (Å²) in [4.78, 5) is 0. The fourth-order valence-electron chi connectivity index (χ4n) is 3.05. The Balaban J connectivity index is 1.95. The number of nitrogens with two attached hydrogens (primary N) is 1. The summed E-state index contributed by atoms with van der Waals surface area (Å²) < 4.78 is 6.27. The zero-order chi connectivity index (χ0) is 14.4. The highest BCUT2D eigenvalue weighted by Gasteiger charge is 2.22. The number of hydrogen-bond donors (Lipinski definition) is 1. The number of ether oxygens (including phenoxy) is 1. The summed E-state index contributed by atoms with van der Waals surface area (Å²) in [7, 11) is 0. The van der Waals surface area contributed by atoms with Crippen molar-refractivity contribution >= 4 is 0 Å². The molecule has 20 heavy (non-hydrogen) atoms. The van der Waals surface area contributed by atoms with Crippen molar-refractivity contribution in [1.82, 2.24) is 0 Å². The summed E-state index contributed by atoms with van der Waals surface area (Å²) in [6.07, 6.45) is 8.67. The van der Waals surface area contributed by atoms with E-state index >= 15 is 0 Å². The van der Waals surface area contributed by atoms with Crippen molar-refractivity contribution in [1.29, 1.82) is 0 Å². The Kier molecular flexibility index (Phi) is 5.90. The van der Waals surface area contributed by atoms with Crippen LogP contribution in [-0.4, -0.2) is 12.1 Å². The van der Waals surface area contributed by atoms with Crippen LogP contribution >= 0.6 is 0 Å². The molecule has 1 aromatic rings. The third-order valence-electron chi connectivity index (χ3n) is 4.64. The van der Waals surface area contributed by atoms with Crippen LogP contribution in [0, 0.1) is 5.92 Å². The van der Waals surface area contributed by atoms with Crippen LogP contribution in [0.3, 0.4) is 0 Å². The molecule has 2 rings (SSSR count). The van der Waals surface area contributed by atoms with Gasteiger partial charge in [0.15, 0.2) is 0 Å². The molecule has 0 aliphatic heterocycles. The fraction of sp³-hybridized carbons (Fsp3) is 0.667. The molecular weight excluding hydrogens is 246 g/mol. The molecule has 2 nitrogen and oxygen atoms in total. The van der Waals surface area contributed by atoms with Gasteiger partial charge in [-0.2, -0.15) is 0 Å². The first-order valence-corrected chi connectivity index (χ1v) is 8.23. The molecule has 0 spiro atoms. The van der Waals surface area contributed by atoms with Gasteiger partial charge in [-0.1, -0.05) is 38.5 Å². The minimum Gasteiger partial charge on any atom is -0.490 e. The van der Waals surface area contributed by atoms with Crippen molar-refractivity contribution in [2.75, 3.05) is 0 Å². The van der Waals surface area contributed by atoms with Crippen molar-refractivity contribution in [3.8, 4) is 5.75 Å². The Morgan fingerprint density at radius 3 is 2.50 bits per heavy atom. The van der Waals surface area contributed by atoms with E-state index in [-0.39, 0.29) is 6.04 Å². The van der Waals surface area contributed by atoms with Crippen LogP contribution in [0.4, 0.5) is 0 Å². The average Bonchev–Trinajstić information content (AvgIpc) is 2.50. The molecule has 1 atom stereocenters. The molecule has 112 valence electrons. The number of rotatable bonds is 6. The first-order valence-electron chi connectivity index (χ1n) is 8.23. The molecule has 1 aromatic carbocycles. The van der Waals surface area contributed by atoms with Crippen LogP contribution < -0.4 is 10.5 Å². The Morgan fingerprint density at radius 1 is 1.15 bits per heavy atom. The number of para-hydroxylation sites is 1. The second-order valence-corrected chi connectivity index (χ2v) is 6.15. The summed E-state index contributed by atoms with van der Waals surface area (Å²) in [5, 5.41) is 0. The fourth-order valence-corrected chi connectivity index (χ4v) is 3.05. The van der Waals surface area contributed by atoms with E-state index in [1.807, 2.05) is 0 Å². The summed E-state index contributed by atoms with van der Waals surface area (Å²) in [6, 6.07) is 8.63. The first kappa shape index (κ1) is 15.4. The van der Waals surface area contributed by atoms with Gasteiger partial charge in [-0.15, -0.1) is 0 Å². The highest BCUT2D eigenvalue weighted by atomic mass is 16.5. The molecule has 1 aliphatic carbocycles. The second-order valence-electron chi connectivity index (χ2n) is 6.15. The maximum atomic E-state index is 6.27.